The lowest BCUT2D eigenvalue weighted by atomic mass is 10.2. The van der Waals surface area contributed by atoms with Gasteiger partial charge in [-0.25, -0.2) is 19.4 Å². The van der Waals surface area contributed by atoms with Gasteiger partial charge in [0, 0.05) is 5.38 Å². The van der Waals surface area contributed by atoms with Crippen LogP contribution in [0, 0.1) is 0 Å². The molecule has 0 fully saturated rings. The highest BCUT2D eigenvalue weighted by Crippen LogP contribution is 2.27. The summed E-state index contributed by atoms with van der Waals surface area (Å²) in [5.41, 5.74) is 1.42. The van der Waals surface area contributed by atoms with E-state index in [-0.39, 0.29) is 35.0 Å². The summed E-state index contributed by atoms with van der Waals surface area (Å²) in [6.07, 6.45) is -1.47. The third kappa shape index (κ3) is 7.42. The first-order chi connectivity index (χ1) is 18.8. The van der Waals surface area contributed by atoms with Crippen molar-refractivity contribution in [3.8, 4) is 0 Å². The van der Waals surface area contributed by atoms with Crippen molar-refractivity contribution in [2.24, 2.45) is 0 Å². The van der Waals surface area contributed by atoms with Crippen molar-refractivity contribution in [2.45, 2.75) is 39.1 Å². The molecule has 4 aromatic rings. The Balaban J connectivity index is 1.36. The summed E-state index contributed by atoms with van der Waals surface area (Å²) in [5.74, 6) is -0.604. The van der Waals surface area contributed by atoms with Crippen LogP contribution < -0.4 is 21.6 Å². The maximum Gasteiger partial charge on any atom is 0.408 e. The molecule has 0 aliphatic heterocycles. The molecule has 2 heterocycles. The van der Waals surface area contributed by atoms with E-state index in [1.165, 1.54) is 6.92 Å². The van der Waals surface area contributed by atoms with Crippen molar-refractivity contribution in [1.82, 2.24) is 15.6 Å². The van der Waals surface area contributed by atoms with Gasteiger partial charge in [-0.2, -0.15) is 0 Å². The van der Waals surface area contributed by atoms with Crippen LogP contribution in [0.3, 0.4) is 0 Å². The summed E-state index contributed by atoms with van der Waals surface area (Å²) in [6.45, 7) is 3.21. The third-order valence-electron chi connectivity index (χ3n) is 5.49. The molecule has 202 valence electrons. The van der Waals surface area contributed by atoms with Gasteiger partial charge >= 0.3 is 17.8 Å². The fraction of sp³-hybridized carbons (Fsp3) is 0.222. The number of fused-ring (bicyclic) bond motifs is 1. The number of hydrogen-bond acceptors (Lipinski definition) is 9. The zero-order chi connectivity index (χ0) is 27.8. The van der Waals surface area contributed by atoms with E-state index >= 15 is 0 Å². The number of anilines is 1. The molecule has 4 rings (SSSR count). The van der Waals surface area contributed by atoms with Gasteiger partial charge in [-0.15, -0.1) is 11.3 Å². The van der Waals surface area contributed by atoms with Gasteiger partial charge in [-0.1, -0.05) is 60.7 Å². The number of thiophene rings is 1. The molecular formula is C27H26N4O7S. The van der Waals surface area contributed by atoms with E-state index in [2.05, 4.69) is 20.9 Å². The molecule has 0 aliphatic carbocycles. The van der Waals surface area contributed by atoms with Crippen molar-refractivity contribution < 1.29 is 28.3 Å². The van der Waals surface area contributed by atoms with Crippen molar-refractivity contribution in [1.29, 1.82) is 0 Å². The average molecular weight is 551 g/mol. The quantitative estimate of drug-likeness (QED) is 0.276. The highest BCUT2D eigenvalue weighted by Gasteiger charge is 2.22. The number of nitrogens with one attached hydrogen (secondary N) is 3. The van der Waals surface area contributed by atoms with Gasteiger partial charge in [0.05, 0.1) is 5.69 Å². The Kier molecular flexibility index (Phi) is 8.90. The minimum atomic E-state index is -0.942. The first-order valence-electron chi connectivity index (χ1n) is 12.0. The molecule has 0 aliphatic rings. The lowest BCUT2D eigenvalue weighted by Crippen LogP contribution is -2.41. The van der Waals surface area contributed by atoms with E-state index in [4.69, 9.17) is 13.9 Å². The largest absolute Gasteiger partial charge is 0.445 e. The molecule has 0 saturated heterocycles. The normalized spacial score (nSPS) is 12.3. The molecule has 0 spiro atoms. The average Bonchev–Trinajstić information content (AvgIpc) is 3.35. The van der Waals surface area contributed by atoms with Crippen LogP contribution in [0.4, 0.5) is 15.3 Å². The summed E-state index contributed by atoms with van der Waals surface area (Å²) in [4.78, 5) is 53.9. The van der Waals surface area contributed by atoms with Crippen molar-refractivity contribution in [3.63, 3.8) is 0 Å². The van der Waals surface area contributed by atoms with Crippen LogP contribution in [0.15, 0.2) is 75.3 Å². The zero-order valence-electron chi connectivity index (χ0n) is 21.1. The minimum Gasteiger partial charge on any atom is -0.445 e. The molecule has 2 aromatic heterocycles. The van der Waals surface area contributed by atoms with Crippen molar-refractivity contribution >= 4 is 45.3 Å². The van der Waals surface area contributed by atoms with E-state index in [0.29, 0.717) is 0 Å². The van der Waals surface area contributed by atoms with Crippen LogP contribution in [0.2, 0.25) is 0 Å². The second kappa shape index (κ2) is 12.7. The highest BCUT2D eigenvalue weighted by atomic mass is 32.1. The number of alkyl carbamates (subject to hydrolysis) is 2. The van der Waals surface area contributed by atoms with Crippen LogP contribution in [-0.4, -0.2) is 29.1 Å². The van der Waals surface area contributed by atoms with Gasteiger partial charge in [0.1, 0.15) is 35.5 Å². The van der Waals surface area contributed by atoms with Gasteiger partial charge in [-0.05, 0) is 25.0 Å². The topological polar surface area (TPSA) is 149 Å². The number of carbonyl (C=O) groups excluding carboxylic acids is 3. The molecule has 0 bridgehead atoms. The van der Waals surface area contributed by atoms with E-state index in [1.54, 1.807) is 12.3 Å². The lowest BCUT2D eigenvalue weighted by molar-refractivity contribution is -0.117. The zero-order valence-corrected chi connectivity index (χ0v) is 21.9. The summed E-state index contributed by atoms with van der Waals surface area (Å²) in [6, 6.07) is 16.6. The molecule has 0 unspecified atom stereocenters. The van der Waals surface area contributed by atoms with Crippen molar-refractivity contribution in [3.05, 3.63) is 93.5 Å². The van der Waals surface area contributed by atoms with E-state index in [1.807, 2.05) is 60.7 Å². The Morgan fingerprint density at radius 1 is 0.897 bits per heavy atom. The molecular weight excluding hydrogens is 524 g/mol. The Morgan fingerprint density at radius 2 is 1.46 bits per heavy atom. The van der Waals surface area contributed by atoms with Gasteiger partial charge in [0.2, 0.25) is 11.8 Å². The molecule has 0 radical (unpaired) electrons. The molecule has 12 heteroatoms. The van der Waals surface area contributed by atoms with E-state index in [9.17, 15) is 19.2 Å². The first kappa shape index (κ1) is 27.3. The number of rotatable bonds is 9. The molecule has 2 aromatic carbocycles. The van der Waals surface area contributed by atoms with Gasteiger partial charge < -0.3 is 29.8 Å². The van der Waals surface area contributed by atoms with E-state index < -0.39 is 35.8 Å². The number of benzene rings is 2. The monoisotopic (exact) mass is 550 g/mol. The molecule has 0 saturated carbocycles. The number of aromatic nitrogens is 1. The standard InChI is InChI=1S/C27H26N4O7S/c1-16(28-26(34)36-13-18-9-5-3-6-10-18)23(32)30-20-15-39-22-21(20)31-24(38-25(22)33)17(2)29-27(35)37-14-19-11-7-4-8-12-19/h3-12,15-17H,13-14H2,1-2H3,(H,28,34)(H,29,35)(H,30,32)/t16-,17-/m0/s1. The number of nitrogens with zero attached hydrogens (tertiary/aromatic N) is 1. The molecule has 39 heavy (non-hydrogen) atoms. The molecule has 3 amide bonds. The van der Waals surface area contributed by atoms with Crippen LogP contribution >= 0.6 is 11.3 Å². The molecule has 11 nitrogen and oxygen atoms in total. The van der Waals surface area contributed by atoms with Gasteiger partial charge in [0.25, 0.3) is 0 Å². The number of hydrogen-bond donors (Lipinski definition) is 3. The summed E-state index contributed by atoms with van der Waals surface area (Å²) in [7, 11) is 0. The van der Waals surface area contributed by atoms with Gasteiger partial charge in [0.15, 0.2) is 0 Å². The second-order valence-corrected chi connectivity index (χ2v) is 9.39. The predicted molar refractivity (Wildman–Crippen MR) is 144 cm³/mol. The number of amides is 3. The predicted octanol–water partition coefficient (Wildman–Crippen LogP) is 4.49. The third-order valence-corrected chi connectivity index (χ3v) is 6.43. The minimum absolute atomic E-state index is 0.0602. The fourth-order valence-electron chi connectivity index (χ4n) is 3.41. The lowest BCUT2D eigenvalue weighted by Gasteiger charge is -2.14. The molecule has 3 N–H and O–H groups in total. The highest BCUT2D eigenvalue weighted by molar-refractivity contribution is 7.17. The van der Waals surface area contributed by atoms with Crippen LogP contribution in [0.5, 0.6) is 0 Å². The summed E-state index contributed by atoms with van der Waals surface area (Å²) >= 11 is 1.05. The second-order valence-electron chi connectivity index (χ2n) is 8.51. The van der Waals surface area contributed by atoms with Crippen molar-refractivity contribution in [2.75, 3.05) is 5.32 Å². The van der Waals surface area contributed by atoms with Crippen LogP contribution in [-0.2, 0) is 27.5 Å². The van der Waals surface area contributed by atoms with Crippen LogP contribution in [0.1, 0.15) is 36.9 Å². The number of ether oxygens (including phenoxy) is 2. The Labute approximate surface area is 227 Å². The molecule has 2 atom stereocenters. The van der Waals surface area contributed by atoms with Gasteiger partial charge in [-0.3, -0.25) is 4.79 Å². The summed E-state index contributed by atoms with van der Waals surface area (Å²) in [5, 5.41) is 9.24. The Bertz CT molecular complexity index is 1510. The SMILES string of the molecule is C[C@H](NC(=O)OCc1ccccc1)C(=O)Nc1csc2c(=O)oc([C@H](C)NC(=O)OCc3ccccc3)nc12. The fourth-order valence-corrected chi connectivity index (χ4v) is 4.22. The summed E-state index contributed by atoms with van der Waals surface area (Å²) < 4.78 is 15.8. The first-order valence-corrected chi connectivity index (χ1v) is 12.9. The maximum absolute atomic E-state index is 12.7. The van der Waals surface area contributed by atoms with Crippen LogP contribution in [0.25, 0.3) is 10.2 Å². The Morgan fingerprint density at radius 3 is 2.05 bits per heavy atom. The smallest absolute Gasteiger partial charge is 0.408 e. The number of carbonyl (C=O) groups is 3. The maximum atomic E-state index is 12.7. The van der Waals surface area contributed by atoms with E-state index in [0.717, 1.165) is 22.5 Å². The Hall–Kier alpha value is -4.71.